The molecule has 2 heterocycles. The highest BCUT2D eigenvalue weighted by Gasteiger charge is 2.24. The summed E-state index contributed by atoms with van der Waals surface area (Å²) < 4.78 is 1.28. The van der Waals surface area contributed by atoms with Gasteiger partial charge in [-0.2, -0.15) is 0 Å². The van der Waals surface area contributed by atoms with E-state index >= 15 is 0 Å². The third-order valence-corrected chi connectivity index (χ3v) is 4.60. The fraction of sp³-hybridized carbons (Fsp3) is 0.600. The SMILES string of the molecule is CC(C)C1CCC(Nc2ccc3ncc([N+](=O)[O-])n3n2)CC1. The standard InChI is InChI=1S/C15H21N5O2/c1-10(2)11-3-5-12(6-4-11)17-13-7-8-14-16-9-15(20(21)22)19(14)18-13/h7-12H,3-6H2,1-2H3,(H,17,18). The van der Waals surface area contributed by atoms with E-state index in [1.807, 2.05) is 6.07 Å². The molecule has 1 N–H and O–H groups in total. The average Bonchev–Trinajstić information content (AvgIpc) is 2.91. The van der Waals surface area contributed by atoms with Gasteiger partial charge in [-0.25, -0.2) is 4.98 Å². The van der Waals surface area contributed by atoms with Crippen LogP contribution in [-0.2, 0) is 0 Å². The van der Waals surface area contributed by atoms with E-state index in [0.29, 0.717) is 17.5 Å². The van der Waals surface area contributed by atoms with Crippen LogP contribution in [0, 0.1) is 22.0 Å². The first-order valence-electron chi connectivity index (χ1n) is 7.80. The minimum Gasteiger partial charge on any atom is -0.364 e. The second-order valence-corrected chi connectivity index (χ2v) is 6.36. The number of nitro groups is 1. The zero-order chi connectivity index (χ0) is 15.7. The number of fused-ring (bicyclic) bond motifs is 1. The maximum absolute atomic E-state index is 11.0. The average molecular weight is 303 g/mol. The van der Waals surface area contributed by atoms with E-state index in [-0.39, 0.29) is 5.82 Å². The van der Waals surface area contributed by atoms with Crippen molar-refractivity contribution < 1.29 is 4.92 Å². The number of aromatic nitrogens is 3. The summed E-state index contributed by atoms with van der Waals surface area (Å²) in [7, 11) is 0. The van der Waals surface area contributed by atoms with Gasteiger partial charge in [0.25, 0.3) is 0 Å². The number of nitrogens with zero attached hydrogens (tertiary/aromatic N) is 4. The lowest BCUT2D eigenvalue weighted by Gasteiger charge is -2.31. The molecule has 2 aromatic heterocycles. The highest BCUT2D eigenvalue weighted by Crippen LogP contribution is 2.31. The lowest BCUT2D eigenvalue weighted by molar-refractivity contribution is -0.391. The summed E-state index contributed by atoms with van der Waals surface area (Å²) >= 11 is 0. The van der Waals surface area contributed by atoms with Crippen molar-refractivity contribution in [3.63, 3.8) is 0 Å². The van der Waals surface area contributed by atoms with Gasteiger partial charge in [-0.05, 0) is 48.5 Å². The lowest BCUT2D eigenvalue weighted by atomic mass is 9.80. The quantitative estimate of drug-likeness (QED) is 0.692. The van der Waals surface area contributed by atoms with E-state index in [0.717, 1.165) is 24.7 Å². The minimum atomic E-state index is -0.468. The molecular weight excluding hydrogens is 282 g/mol. The number of hydrogen-bond acceptors (Lipinski definition) is 5. The molecule has 3 rings (SSSR count). The molecule has 1 fully saturated rings. The predicted molar refractivity (Wildman–Crippen MR) is 83.8 cm³/mol. The number of nitrogens with one attached hydrogen (secondary N) is 1. The number of anilines is 1. The molecule has 0 spiro atoms. The second-order valence-electron chi connectivity index (χ2n) is 6.36. The smallest absolute Gasteiger partial charge is 0.364 e. The topological polar surface area (TPSA) is 85.4 Å². The number of rotatable bonds is 4. The molecule has 0 bridgehead atoms. The molecule has 0 atom stereocenters. The van der Waals surface area contributed by atoms with Crippen LogP contribution in [0.4, 0.5) is 11.6 Å². The van der Waals surface area contributed by atoms with Gasteiger partial charge in [0.1, 0.15) is 6.20 Å². The van der Waals surface area contributed by atoms with Crippen LogP contribution in [-0.4, -0.2) is 25.6 Å². The van der Waals surface area contributed by atoms with Gasteiger partial charge in [0.15, 0.2) is 5.82 Å². The summed E-state index contributed by atoms with van der Waals surface area (Å²) in [6, 6.07) is 3.98. The van der Waals surface area contributed by atoms with Crippen molar-refractivity contribution in [2.75, 3.05) is 5.32 Å². The van der Waals surface area contributed by atoms with Crippen LogP contribution in [0.3, 0.4) is 0 Å². The van der Waals surface area contributed by atoms with Gasteiger partial charge in [-0.1, -0.05) is 23.5 Å². The Morgan fingerprint density at radius 3 is 2.68 bits per heavy atom. The van der Waals surface area contributed by atoms with Crippen molar-refractivity contribution in [2.45, 2.75) is 45.6 Å². The summed E-state index contributed by atoms with van der Waals surface area (Å²) in [6.45, 7) is 4.57. The Hall–Kier alpha value is -2.18. The van der Waals surface area contributed by atoms with Crippen molar-refractivity contribution in [3.8, 4) is 0 Å². The van der Waals surface area contributed by atoms with E-state index in [1.54, 1.807) is 6.07 Å². The van der Waals surface area contributed by atoms with Crippen molar-refractivity contribution in [1.82, 2.24) is 14.6 Å². The van der Waals surface area contributed by atoms with E-state index in [2.05, 4.69) is 29.2 Å². The predicted octanol–water partition coefficient (Wildman–Crippen LogP) is 3.26. The summed E-state index contributed by atoms with van der Waals surface area (Å²) in [5, 5.41) is 18.7. The molecule has 22 heavy (non-hydrogen) atoms. The van der Waals surface area contributed by atoms with Gasteiger partial charge in [0.05, 0.1) is 0 Å². The van der Waals surface area contributed by atoms with Crippen LogP contribution in [0.1, 0.15) is 39.5 Å². The molecule has 1 aliphatic rings. The molecule has 118 valence electrons. The fourth-order valence-electron chi connectivity index (χ4n) is 3.20. The molecule has 1 aliphatic carbocycles. The monoisotopic (exact) mass is 303 g/mol. The minimum absolute atomic E-state index is 0.109. The Morgan fingerprint density at radius 1 is 1.32 bits per heavy atom. The van der Waals surface area contributed by atoms with Gasteiger partial charge in [-0.3, -0.25) is 0 Å². The molecule has 0 aliphatic heterocycles. The summed E-state index contributed by atoms with van der Waals surface area (Å²) in [5.74, 6) is 2.11. The summed E-state index contributed by atoms with van der Waals surface area (Å²) in [6.07, 6.45) is 5.93. The van der Waals surface area contributed by atoms with Gasteiger partial charge < -0.3 is 15.4 Å². The molecule has 0 aromatic carbocycles. The Morgan fingerprint density at radius 2 is 2.05 bits per heavy atom. The zero-order valence-electron chi connectivity index (χ0n) is 12.9. The van der Waals surface area contributed by atoms with Crippen LogP contribution >= 0.6 is 0 Å². The maximum Gasteiger partial charge on any atom is 0.368 e. The Balaban J connectivity index is 1.72. The number of imidazole rings is 1. The van der Waals surface area contributed by atoms with Gasteiger partial charge >= 0.3 is 5.82 Å². The molecule has 7 heteroatoms. The lowest BCUT2D eigenvalue weighted by Crippen LogP contribution is -2.28. The van der Waals surface area contributed by atoms with Crippen LogP contribution in [0.2, 0.25) is 0 Å². The third-order valence-electron chi connectivity index (χ3n) is 4.60. The molecule has 1 saturated carbocycles. The molecule has 2 aromatic rings. The molecule has 0 amide bonds. The fourth-order valence-corrected chi connectivity index (χ4v) is 3.20. The van der Waals surface area contributed by atoms with Crippen molar-refractivity contribution in [3.05, 3.63) is 28.4 Å². The Kier molecular flexibility index (Phi) is 3.96. The van der Waals surface area contributed by atoms with Gasteiger partial charge in [0, 0.05) is 12.1 Å². The second kappa shape index (κ2) is 5.90. The van der Waals surface area contributed by atoms with Crippen molar-refractivity contribution in [2.24, 2.45) is 11.8 Å². The van der Waals surface area contributed by atoms with Gasteiger partial charge in [-0.15, -0.1) is 0 Å². The molecule has 0 radical (unpaired) electrons. The zero-order valence-corrected chi connectivity index (χ0v) is 12.9. The molecule has 0 saturated heterocycles. The highest BCUT2D eigenvalue weighted by atomic mass is 16.6. The number of hydrogen-bond donors (Lipinski definition) is 1. The largest absolute Gasteiger partial charge is 0.368 e. The van der Waals surface area contributed by atoms with Gasteiger partial charge in [0.2, 0.25) is 5.65 Å². The third kappa shape index (κ3) is 2.88. The Bertz CT molecular complexity index is 674. The van der Waals surface area contributed by atoms with Crippen LogP contribution in [0.15, 0.2) is 18.3 Å². The van der Waals surface area contributed by atoms with Crippen molar-refractivity contribution >= 4 is 17.3 Å². The molecule has 7 nitrogen and oxygen atoms in total. The maximum atomic E-state index is 11.0. The molecular formula is C15H21N5O2. The highest BCUT2D eigenvalue weighted by molar-refractivity contribution is 5.48. The van der Waals surface area contributed by atoms with Crippen LogP contribution in [0.25, 0.3) is 5.65 Å². The normalized spacial score (nSPS) is 22.1. The first-order valence-corrected chi connectivity index (χ1v) is 7.80. The Labute approximate surface area is 128 Å². The van der Waals surface area contributed by atoms with E-state index in [1.165, 1.54) is 23.6 Å². The summed E-state index contributed by atoms with van der Waals surface area (Å²) in [5.41, 5.74) is 0.487. The van der Waals surface area contributed by atoms with Crippen LogP contribution in [0.5, 0.6) is 0 Å². The summed E-state index contributed by atoms with van der Waals surface area (Å²) in [4.78, 5) is 14.5. The van der Waals surface area contributed by atoms with Crippen molar-refractivity contribution in [1.29, 1.82) is 0 Å². The van der Waals surface area contributed by atoms with E-state index in [9.17, 15) is 10.1 Å². The molecule has 0 unspecified atom stereocenters. The van der Waals surface area contributed by atoms with Crippen LogP contribution < -0.4 is 5.32 Å². The first-order chi connectivity index (χ1) is 10.5. The first kappa shape index (κ1) is 14.7. The van der Waals surface area contributed by atoms with E-state index < -0.39 is 4.92 Å². The van der Waals surface area contributed by atoms with E-state index in [4.69, 9.17) is 0 Å².